The number of ether oxygens (including phenoxy) is 3. The van der Waals surface area contributed by atoms with Crippen LogP contribution in [0.5, 0.6) is 11.5 Å². The van der Waals surface area contributed by atoms with Crippen molar-refractivity contribution in [3.8, 4) is 11.5 Å². The molecule has 0 radical (unpaired) electrons. The Kier molecular flexibility index (Phi) is 8.87. The van der Waals surface area contributed by atoms with Gasteiger partial charge >= 0.3 is 5.97 Å². The minimum Gasteiger partial charge on any atom is -0.493 e. The highest BCUT2D eigenvalue weighted by Crippen LogP contribution is 2.45. The van der Waals surface area contributed by atoms with E-state index in [0.29, 0.717) is 45.2 Å². The number of rotatable bonds is 11. The van der Waals surface area contributed by atoms with Gasteiger partial charge in [-0.15, -0.1) is 0 Å². The average molecular weight is 605 g/mol. The number of hydrogen-bond acceptors (Lipinski definition) is 9. The zero-order valence-corrected chi connectivity index (χ0v) is 26.2. The lowest BCUT2D eigenvalue weighted by Crippen LogP contribution is -2.29. The van der Waals surface area contributed by atoms with E-state index in [-0.39, 0.29) is 28.5 Å². The molecule has 226 valence electrons. The summed E-state index contributed by atoms with van der Waals surface area (Å²) in [6, 6.07) is 8.08. The molecule has 3 heterocycles. The van der Waals surface area contributed by atoms with Crippen molar-refractivity contribution in [2.45, 2.75) is 66.3 Å². The van der Waals surface area contributed by atoms with E-state index in [1.165, 1.54) is 4.90 Å². The Morgan fingerprint density at radius 2 is 1.79 bits per heavy atom. The molecular formula is C33H36N2O7S. The zero-order valence-electron chi connectivity index (χ0n) is 25.4. The highest BCUT2D eigenvalue weighted by molar-refractivity contribution is 7.17. The van der Waals surface area contributed by atoms with Crippen molar-refractivity contribution < 1.29 is 28.2 Å². The monoisotopic (exact) mass is 604 g/mol. The number of esters is 1. The molecule has 0 aliphatic carbocycles. The molecule has 1 aliphatic rings. The summed E-state index contributed by atoms with van der Waals surface area (Å²) in [5, 5.41) is 0.649. The quantitative estimate of drug-likeness (QED) is 0.132. The Morgan fingerprint density at radius 1 is 1.02 bits per heavy atom. The van der Waals surface area contributed by atoms with Crippen LogP contribution < -0.4 is 19.8 Å². The van der Waals surface area contributed by atoms with Gasteiger partial charge in [0.15, 0.2) is 22.1 Å². The number of carbonyl (C=O) groups is 2. The maximum absolute atomic E-state index is 14.1. The van der Waals surface area contributed by atoms with Gasteiger partial charge in [0.1, 0.15) is 10.5 Å². The van der Waals surface area contributed by atoms with Crippen LogP contribution in [0.1, 0.15) is 93.7 Å². The average Bonchev–Trinajstić information content (AvgIpc) is 3.51. The Balaban J connectivity index is 1.65. The first kappa shape index (κ1) is 30.3. The molecule has 2 aromatic heterocycles. The summed E-state index contributed by atoms with van der Waals surface area (Å²) in [5.74, 6) is -0.0289. The van der Waals surface area contributed by atoms with Crippen molar-refractivity contribution in [1.82, 2.24) is 4.98 Å². The molecule has 43 heavy (non-hydrogen) atoms. The third-order valence-electron chi connectivity index (χ3n) is 7.70. The van der Waals surface area contributed by atoms with Gasteiger partial charge in [0.2, 0.25) is 5.76 Å². The maximum Gasteiger partial charge on any atom is 0.350 e. The molecule has 0 saturated carbocycles. The van der Waals surface area contributed by atoms with Crippen LogP contribution in [-0.2, 0) is 4.74 Å². The highest BCUT2D eigenvalue weighted by atomic mass is 32.1. The number of methoxy groups -OCH3 is 1. The predicted molar refractivity (Wildman–Crippen MR) is 166 cm³/mol. The molecule has 1 aliphatic heterocycles. The summed E-state index contributed by atoms with van der Waals surface area (Å²) in [6.45, 7) is 10.2. The number of carbonyl (C=O) groups excluding carboxylic acids is 2. The molecule has 10 heteroatoms. The minimum atomic E-state index is -0.877. The molecule has 0 N–H and O–H groups in total. The van der Waals surface area contributed by atoms with Gasteiger partial charge in [-0.2, -0.15) is 0 Å². The molecule has 1 amide bonds. The van der Waals surface area contributed by atoms with E-state index in [4.69, 9.17) is 18.6 Å². The van der Waals surface area contributed by atoms with Crippen LogP contribution in [-0.4, -0.2) is 37.2 Å². The van der Waals surface area contributed by atoms with Crippen LogP contribution in [0, 0.1) is 20.8 Å². The first-order valence-electron chi connectivity index (χ1n) is 14.6. The van der Waals surface area contributed by atoms with E-state index >= 15 is 0 Å². The highest BCUT2D eigenvalue weighted by Gasteiger charge is 2.45. The summed E-state index contributed by atoms with van der Waals surface area (Å²) >= 11 is 1.04. The van der Waals surface area contributed by atoms with Crippen LogP contribution in [0.25, 0.3) is 11.0 Å². The minimum absolute atomic E-state index is 0.0495. The first-order valence-corrected chi connectivity index (χ1v) is 15.4. The largest absolute Gasteiger partial charge is 0.493 e. The van der Waals surface area contributed by atoms with E-state index < -0.39 is 17.9 Å². The third kappa shape index (κ3) is 5.63. The van der Waals surface area contributed by atoms with Crippen molar-refractivity contribution in [2.24, 2.45) is 0 Å². The van der Waals surface area contributed by atoms with E-state index in [0.717, 1.165) is 48.1 Å². The first-order chi connectivity index (χ1) is 20.7. The second kappa shape index (κ2) is 12.6. The van der Waals surface area contributed by atoms with Crippen LogP contribution in [0.2, 0.25) is 0 Å². The molecule has 1 atom stereocenters. The van der Waals surface area contributed by atoms with E-state index in [9.17, 15) is 14.4 Å². The number of amides is 1. The number of benzene rings is 2. The van der Waals surface area contributed by atoms with Gasteiger partial charge in [0.05, 0.1) is 43.0 Å². The predicted octanol–water partition coefficient (Wildman–Crippen LogP) is 7.07. The fourth-order valence-electron chi connectivity index (χ4n) is 5.30. The second-order valence-electron chi connectivity index (χ2n) is 10.6. The van der Waals surface area contributed by atoms with Crippen LogP contribution in [0.4, 0.5) is 5.13 Å². The lowest BCUT2D eigenvalue weighted by atomic mass is 9.97. The molecule has 9 nitrogen and oxygen atoms in total. The summed E-state index contributed by atoms with van der Waals surface area (Å²) < 4.78 is 23.1. The number of nitrogens with zero attached hydrogens (tertiary/aromatic N) is 2. The molecule has 0 fully saturated rings. The van der Waals surface area contributed by atoms with Gasteiger partial charge in [-0.25, -0.2) is 9.78 Å². The van der Waals surface area contributed by atoms with Gasteiger partial charge in [0, 0.05) is 0 Å². The summed E-state index contributed by atoms with van der Waals surface area (Å²) in [4.78, 5) is 47.1. The second-order valence-corrected chi connectivity index (χ2v) is 11.6. The van der Waals surface area contributed by atoms with Gasteiger partial charge in [0.25, 0.3) is 5.91 Å². The van der Waals surface area contributed by atoms with E-state index in [2.05, 4.69) is 11.9 Å². The van der Waals surface area contributed by atoms with Gasteiger partial charge < -0.3 is 18.6 Å². The maximum atomic E-state index is 14.1. The molecule has 5 rings (SSSR count). The van der Waals surface area contributed by atoms with Gasteiger partial charge in [-0.05, 0) is 75.1 Å². The summed E-state index contributed by atoms with van der Waals surface area (Å²) in [6.07, 6.45) is 4.29. The fourth-order valence-corrected chi connectivity index (χ4v) is 6.28. The lowest BCUT2D eigenvalue weighted by molar-refractivity contribution is 0.0531. The smallest absolute Gasteiger partial charge is 0.350 e. The van der Waals surface area contributed by atoms with Crippen LogP contribution >= 0.6 is 11.3 Å². The number of fused-ring (bicyclic) bond motifs is 2. The lowest BCUT2D eigenvalue weighted by Gasteiger charge is -2.23. The number of hydrogen-bond donors (Lipinski definition) is 0. The standard InChI is InChI=1S/C33H36N2O7S/c1-7-9-10-11-14-41-23-13-12-21(17-25(23)39-6)27-26-28(36)22-15-18(3)19(4)16-24(22)42-29(26)31(37)35(27)33-34-20(5)30(43-33)32(38)40-8-2/h12-13,15-17,27H,7-11,14H2,1-6H3. The van der Waals surface area contributed by atoms with Crippen molar-refractivity contribution in [3.05, 3.63) is 79.1 Å². The van der Waals surface area contributed by atoms with E-state index in [1.54, 1.807) is 45.2 Å². The Morgan fingerprint density at radius 3 is 2.51 bits per heavy atom. The molecule has 1 unspecified atom stereocenters. The SMILES string of the molecule is CCCCCCOc1ccc(C2c3c(oc4cc(C)c(C)cc4c3=O)C(=O)N2c2nc(C)c(C(=O)OCC)s2)cc1OC. The fraction of sp³-hybridized carbons (Fsp3) is 0.394. The van der Waals surface area contributed by atoms with Crippen molar-refractivity contribution >= 4 is 39.3 Å². The van der Waals surface area contributed by atoms with Crippen molar-refractivity contribution in [1.29, 1.82) is 0 Å². The molecule has 0 spiro atoms. The molecule has 0 bridgehead atoms. The Labute approximate surface area is 254 Å². The summed E-state index contributed by atoms with van der Waals surface area (Å²) in [7, 11) is 1.55. The van der Waals surface area contributed by atoms with Crippen LogP contribution in [0.15, 0.2) is 39.5 Å². The Hall–Kier alpha value is -4.18. The number of aryl methyl sites for hydroxylation is 3. The molecule has 4 aromatic rings. The normalized spacial score (nSPS) is 14.3. The van der Waals surface area contributed by atoms with Crippen molar-refractivity contribution in [2.75, 3.05) is 25.2 Å². The number of thiazole rings is 1. The van der Waals surface area contributed by atoms with Crippen molar-refractivity contribution in [3.63, 3.8) is 0 Å². The number of aromatic nitrogens is 1. The molecule has 0 saturated heterocycles. The third-order valence-corrected chi connectivity index (χ3v) is 8.83. The Bertz CT molecular complexity index is 1760. The zero-order chi connectivity index (χ0) is 30.8. The van der Waals surface area contributed by atoms with E-state index in [1.807, 2.05) is 19.9 Å². The van der Waals surface area contributed by atoms with Gasteiger partial charge in [-0.1, -0.05) is 43.6 Å². The number of unbranched alkanes of at least 4 members (excludes halogenated alkanes) is 3. The molecular weight excluding hydrogens is 568 g/mol. The van der Waals surface area contributed by atoms with Crippen LogP contribution in [0.3, 0.4) is 0 Å². The number of anilines is 1. The van der Waals surface area contributed by atoms with Gasteiger partial charge in [-0.3, -0.25) is 14.5 Å². The molecule has 2 aromatic carbocycles. The summed E-state index contributed by atoms with van der Waals surface area (Å²) in [5.41, 5.74) is 3.18. The topological polar surface area (TPSA) is 108 Å².